The van der Waals surface area contributed by atoms with Crippen molar-refractivity contribution >= 4 is 17.3 Å². The molecule has 0 aromatic heterocycles. The molecular formula is C14H19N3O4. The van der Waals surface area contributed by atoms with Crippen molar-refractivity contribution in [1.29, 1.82) is 0 Å². The van der Waals surface area contributed by atoms with Crippen LogP contribution in [0, 0.1) is 10.1 Å². The van der Waals surface area contributed by atoms with Gasteiger partial charge in [-0.25, -0.2) is 0 Å². The summed E-state index contributed by atoms with van der Waals surface area (Å²) < 4.78 is 0. The lowest BCUT2D eigenvalue weighted by atomic mass is 10.1. The minimum absolute atomic E-state index is 0.0193. The van der Waals surface area contributed by atoms with Gasteiger partial charge in [-0.3, -0.25) is 14.9 Å². The van der Waals surface area contributed by atoms with Crippen molar-refractivity contribution in [3.05, 3.63) is 33.9 Å². The number of rotatable bonds is 4. The minimum atomic E-state index is -0.594. The molecule has 1 heterocycles. The lowest BCUT2D eigenvalue weighted by molar-refractivity contribution is -0.383. The first-order valence-corrected chi connectivity index (χ1v) is 6.93. The van der Waals surface area contributed by atoms with Gasteiger partial charge in [0.1, 0.15) is 5.69 Å². The Labute approximate surface area is 122 Å². The monoisotopic (exact) mass is 293 g/mol. The molecule has 1 fully saturated rings. The highest BCUT2D eigenvalue weighted by Crippen LogP contribution is 2.27. The summed E-state index contributed by atoms with van der Waals surface area (Å²) in [4.78, 5) is 24.5. The van der Waals surface area contributed by atoms with Gasteiger partial charge in [0.2, 0.25) is 0 Å². The van der Waals surface area contributed by atoms with Gasteiger partial charge in [-0.05, 0) is 38.3 Å². The first-order chi connectivity index (χ1) is 9.90. The number of carbonyl (C=O) groups excluding carboxylic acids is 1. The van der Waals surface area contributed by atoms with Gasteiger partial charge in [-0.2, -0.15) is 0 Å². The number of nitrogens with zero attached hydrogens (tertiary/aromatic N) is 2. The number of carbonyl (C=O) groups is 1. The van der Waals surface area contributed by atoms with E-state index >= 15 is 0 Å². The molecule has 114 valence electrons. The lowest BCUT2D eigenvalue weighted by Gasteiger charge is -2.25. The first kappa shape index (κ1) is 15.2. The van der Waals surface area contributed by atoms with E-state index in [4.69, 9.17) is 5.73 Å². The van der Waals surface area contributed by atoms with Crippen LogP contribution >= 0.6 is 0 Å². The number of nitrogens with two attached hydrogens (primary N) is 1. The van der Waals surface area contributed by atoms with E-state index in [9.17, 15) is 20.0 Å². The van der Waals surface area contributed by atoms with Gasteiger partial charge in [0.15, 0.2) is 0 Å². The van der Waals surface area contributed by atoms with E-state index in [2.05, 4.69) is 0 Å². The molecule has 1 aliphatic heterocycles. The summed E-state index contributed by atoms with van der Waals surface area (Å²) in [6.07, 6.45) is 1.75. The van der Waals surface area contributed by atoms with Crippen molar-refractivity contribution in [2.24, 2.45) is 0 Å². The summed E-state index contributed by atoms with van der Waals surface area (Å²) in [5, 5.41) is 20.4. The number of nitro benzene ring substituents is 1. The Morgan fingerprint density at radius 3 is 2.95 bits per heavy atom. The fraction of sp³-hybridized carbons (Fsp3) is 0.500. The smallest absolute Gasteiger partial charge is 0.292 e. The zero-order valence-electron chi connectivity index (χ0n) is 11.9. The van der Waals surface area contributed by atoms with Crippen LogP contribution in [-0.2, 0) is 0 Å². The predicted molar refractivity (Wildman–Crippen MR) is 77.9 cm³/mol. The minimum Gasteiger partial charge on any atom is -0.393 e. The van der Waals surface area contributed by atoms with Crippen LogP contribution in [0.3, 0.4) is 0 Å². The van der Waals surface area contributed by atoms with Gasteiger partial charge in [-0.1, -0.05) is 0 Å². The molecule has 1 aromatic rings. The van der Waals surface area contributed by atoms with Gasteiger partial charge in [0, 0.05) is 24.2 Å². The molecule has 0 radical (unpaired) electrons. The fourth-order valence-electron chi connectivity index (χ4n) is 2.74. The van der Waals surface area contributed by atoms with Gasteiger partial charge >= 0.3 is 0 Å². The summed E-state index contributed by atoms with van der Waals surface area (Å²) in [6.45, 7) is 2.30. The highest BCUT2D eigenvalue weighted by atomic mass is 16.6. The van der Waals surface area contributed by atoms with Crippen molar-refractivity contribution in [2.45, 2.75) is 38.3 Å². The Hall–Kier alpha value is -2.15. The molecule has 3 N–H and O–H groups in total. The summed E-state index contributed by atoms with van der Waals surface area (Å²) in [5.74, 6) is -0.249. The lowest BCUT2D eigenvalue weighted by Crippen LogP contribution is -2.37. The van der Waals surface area contributed by atoms with Crippen LogP contribution in [0.15, 0.2) is 18.2 Å². The van der Waals surface area contributed by atoms with Gasteiger partial charge in [0.05, 0.1) is 11.0 Å². The zero-order chi connectivity index (χ0) is 15.6. The van der Waals surface area contributed by atoms with Gasteiger partial charge < -0.3 is 15.7 Å². The number of benzene rings is 1. The van der Waals surface area contributed by atoms with E-state index in [-0.39, 0.29) is 28.9 Å². The highest BCUT2D eigenvalue weighted by molar-refractivity contribution is 5.96. The third kappa shape index (κ3) is 3.30. The maximum Gasteiger partial charge on any atom is 0.292 e. The predicted octanol–water partition coefficient (Wildman–Crippen LogP) is 1.55. The van der Waals surface area contributed by atoms with Crippen molar-refractivity contribution in [3.63, 3.8) is 0 Å². The van der Waals surface area contributed by atoms with E-state index in [0.717, 1.165) is 12.8 Å². The maximum absolute atomic E-state index is 12.5. The number of amides is 1. The van der Waals surface area contributed by atoms with Gasteiger partial charge in [-0.15, -0.1) is 0 Å². The Bertz CT molecular complexity index is 559. The van der Waals surface area contributed by atoms with E-state index < -0.39 is 11.0 Å². The van der Waals surface area contributed by atoms with E-state index in [0.29, 0.717) is 13.0 Å². The van der Waals surface area contributed by atoms with Crippen LogP contribution < -0.4 is 5.73 Å². The van der Waals surface area contributed by atoms with Crippen LogP contribution in [0.2, 0.25) is 0 Å². The van der Waals surface area contributed by atoms with Gasteiger partial charge in [0.25, 0.3) is 11.6 Å². The molecule has 0 saturated carbocycles. The molecule has 7 nitrogen and oxygen atoms in total. The second-order valence-corrected chi connectivity index (χ2v) is 5.41. The Morgan fingerprint density at radius 2 is 2.33 bits per heavy atom. The Balaban J connectivity index is 2.23. The molecule has 0 spiro atoms. The summed E-state index contributed by atoms with van der Waals surface area (Å²) in [7, 11) is 0. The first-order valence-electron chi connectivity index (χ1n) is 6.93. The number of hydrogen-bond acceptors (Lipinski definition) is 5. The molecule has 1 amide bonds. The number of anilines is 1. The maximum atomic E-state index is 12.5. The van der Waals surface area contributed by atoms with Crippen LogP contribution in [0.25, 0.3) is 0 Å². The number of hydrogen-bond donors (Lipinski definition) is 2. The van der Waals surface area contributed by atoms with E-state index in [1.165, 1.54) is 18.2 Å². The SMILES string of the molecule is C[C@@H](O)C[C@@H]1CCCN1C(=O)c1ccc(N)c([N+](=O)[O-])c1. The number of likely N-dealkylation sites (tertiary alicyclic amines) is 1. The van der Waals surface area contributed by atoms with E-state index in [1.54, 1.807) is 11.8 Å². The molecule has 0 unspecified atom stereocenters. The van der Waals surface area contributed by atoms with E-state index in [1.807, 2.05) is 0 Å². The zero-order valence-corrected chi connectivity index (χ0v) is 11.9. The van der Waals surface area contributed by atoms with Crippen LogP contribution in [0.1, 0.15) is 36.5 Å². The highest BCUT2D eigenvalue weighted by Gasteiger charge is 2.31. The third-order valence-electron chi connectivity index (χ3n) is 3.73. The molecule has 1 aliphatic rings. The number of nitro groups is 1. The van der Waals surface area contributed by atoms with Crippen molar-refractivity contribution < 1.29 is 14.8 Å². The second-order valence-electron chi connectivity index (χ2n) is 5.41. The number of aliphatic hydroxyl groups excluding tert-OH is 1. The summed E-state index contributed by atoms with van der Waals surface area (Å²) in [5.41, 5.74) is 5.58. The molecule has 21 heavy (non-hydrogen) atoms. The largest absolute Gasteiger partial charge is 0.393 e. The van der Waals surface area contributed by atoms with Crippen LogP contribution in [0.4, 0.5) is 11.4 Å². The molecule has 2 atom stereocenters. The molecule has 0 aliphatic carbocycles. The van der Waals surface area contributed by atoms with Crippen molar-refractivity contribution in [2.75, 3.05) is 12.3 Å². The Morgan fingerprint density at radius 1 is 1.62 bits per heavy atom. The van der Waals surface area contributed by atoms with Crippen LogP contribution in [0.5, 0.6) is 0 Å². The quantitative estimate of drug-likeness (QED) is 0.497. The molecule has 0 bridgehead atoms. The summed E-state index contributed by atoms with van der Waals surface area (Å²) in [6, 6.07) is 4.08. The fourth-order valence-corrected chi connectivity index (χ4v) is 2.74. The molecule has 1 aromatic carbocycles. The number of nitrogen functional groups attached to an aromatic ring is 1. The molecule has 2 rings (SSSR count). The standard InChI is InChI=1S/C14H19N3O4/c1-9(18)7-11-3-2-6-16(11)14(19)10-4-5-12(15)13(8-10)17(20)21/h4-5,8-9,11,18H,2-3,6-7,15H2,1H3/t9-,11+/m1/s1. The van der Waals surface area contributed by atoms with Crippen molar-refractivity contribution in [3.8, 4) is 0 Å². The molecule has 1 saturated heterocycles. The average Bonchev–Trinajstić information content (AvgIpc) is 2.85. The molecular weight excluding hydrogens is 274 g/mol. The number of aliphatic hydroxyl groups is 1. The third-order valence-corrected chi connectivity index (χ3v) is 3.73. The topological polar surface area (TPSA) is 110 Å². The van der Waals surface area contributed by atoms with Crippen molar-refractivity contribution in [1.82, 2.24) is 4.90 Å². The van der Waals surface area contributed by atoms with Crippen LogP contribution in [-0.4, -0.2) is 39.5 Å². The second kappa shape index (κ2) is 6.09. The summed E-state index contributed by atoms with van der Waals surface area (Å²) >= 11 is 0. The normalized spacial score (nSPS) is 19.5. The average molecular weight is 293 g/mol. The Kier molecular flexibility index (Phi) is 4.42. The molecule has 7 heteroatoms.